The predicted molar refractivity (Wildman–Crippen MR) is 501 cm³/mol. The van der Waals surface area contributed by atoms with Gasteiger partial charge in [0.2, 0.25) is 22.8 Å². The first kappa shape index (κ1) is 77.2. The van der Waals surface area contributed by atoms with E-state index in [1.165, 1.54) is 247 Å². The summed E-state index contributed by atoms with van der Waals surface area (Å²) in [5.74, 6) is 11.4. The highest BCUT2D eigenvalue weighted by atomic mass is 14.9. The molecule has 0 radical (unpaired) electrons. The zero-order valence-corrected chi connectivity index (χ0v) is 74.3. The fourth-order valence-corrected chi connectivity index (χ4v) is 29.6. The van der Waals surface area contributed by atoms with Crippen LogP contribution >= 0.6 is 0 Å². The second-order valence-corrected chi connectivity index (χ2v) is 42.7. The molecule has 0 atom stereocenters. The zero-order chi connectivity index (χ0) is 84.4. The summed E-state index contributed by atoms with van der Waals surface area (Å²) in [4.78, 5) is 0. The Morgan fingerprint density at radius 2 is 0.508 bits per heavy atom. The summed E-state index contributed by atoms with van der Waals surface area (Å²) in [6.07, 6.45) is 42.9. The summed E-state index contributed by atoms with van der Waals surface area (Å²) in [6, 6.07) is 90.0. The van der Waals surface area contributed by atoms with Gasteiger partial charge in [-0.25, -0.2) is 18.3 Å². The molecule has 0 unspecified atom stereocenters. The summed E-state index contributed by atoms with van der Waals surface area (Å²) in [5, 5.41) is 0. The first-order valence-corrected chi connectivity index (χ1v) is 47.8. The summed E-state index contributed by atoms with van der Waals surface area (Å²) < 4.78 is 27.4. The maximum absolute atomic E-state index is 9.28. The number of pyridine rings is 4. The smallest absolute Gasteiger partial charge is 0.201 e. The van der Waals surface area contributed by atoms with Crippen molar-refractivity contribution in [3.05, 3.63) is 312 Å². The molecule has 16 bridgehead atoms. The van der Waals surface area contributed by atoms with E-state index in [0.717, 1.165) is 101 Å². The van der Waals surface area contributed by atoms with E-state index in [0.29, 0.717) is 16.2 Å². The van der Waals surface area contributed by atoms with Gasteiger partial charge in [-0.15, -0.1) is 0 Å². The molecule has 0 saturated heterocycles. The molecule has 16 fully saturated rings. The van der Waals surface area contributed by atoms with Gasteiger partial charge in [0, 0.05) is 73.5 Å². The molecule has 4 heteroatoms. The molecular weight excluding hydrogens is 1470 g/mol. The van der Waals surface area contributed by atoms with E-state index >= 15 is 0 Å². The highest BCUT2D eigenvalue weighted by Gasteiger charge is 2.55. The van der Waals surface area contributed by atoms with Crippen molar-refractivity contribution in [3.8, 4) is 89.5 Å². The van der Waals surface area contributed by atoms with Gasteiger partial charge in [0.05, 0.1) is 0 Å². The van der Waals surface area contributed by atoms with Crippen molar-refractivity contribution in [2.45, 2.75) is 205 Å². The third-order valence-electron chi connectivity index (χ3n) is 33.7. The second kappa shape index (κ2) is 32.5. The van der Waals surface area contributed by atoms with Gasteiger partial charge in [0.25, 0.3) is 0 Å². The van der Waals surface area contributed by atoms with Crippen LogP contribution in [0.15, 0.2) is 267 Å². The lowest BCUT2D eigenvalue weighted by atomic mass is 9.48. The van der Waals surface area contributed by atoms with E-state index in [-0.39, 0.29) is 5.41 Å². The Labute approximate surface area is 733 Å². The summed E-state index contributed by atoms with van der Waals surface area (Å²) in [6.45, 7) is 8.75. The van der Waals surface area contributed by atoms with Gasteiger partial charge in [-0.1, -0.05) is 170 Å². The van der Waals surface area contributed by atoms with E-state index in [2.05, 4.69) is 342 Å². The molecule has 8 aromatic carbocycles. The number of hydrogen-bond acceptors (Lipinski definition) is 0. The van der Waals surface area contributed by atoms with Crippen molar-refractivity contribution in [1.29, 1.82) is 0 Å². The topological polar surface area (TPSA) is 15.5 Å². The summed E-state index contributed by atoms with van der Waals surface area (Å²) >= 11 is 0. The maximum Gasteiger partial charge on any atom is 0.213 e. The van der Waals surface area contributed by atoms with Crippen molar-refractivity contribution in [1.82, 2.24) is 0 Å². The third kappa shape index (κ3) is 15.9. The fraction of sp³-hybridized carbons (Fsp3) is 0.424. The maximum atomic E-state index is 9.28. The summed E-state index contributed by atoms with van der Waals surface area (Å²) in [5.41, 5.74) is 32.8. The van der Waals surface area contributed by atoms with Crippen LogP contribution < -0.4 is 18.3 Å². The van der Waals surface area contributed by atoms with E-state index in [1.54, 1.807) is 16.7 Å². The normalized spacial score (nSPS) is 29.4. The van der Waals surface area contributed by atoms with Crippen molar-refractivity contribution in [2.75, 3.05) is 0 Å². The molecule has 620 valence electrons. The lowest BCUT2D eigenvalue weighted by Gasteiger charge is -2.57. The Morgan fingerprint density at radius 3 is 0.828 bits per heavy atom. The number of nitrogens with zero attached hydrogens (tertiary/aromatic N) is 4. The number of aryl methyl sites for hydroxylation is 8. The van der Waals surface area contributed by atoms with Gasteiger partial charge in [0.15, 0.2) is 24.8 Å². The van der Waals surface area contributed by atoms with Gasteiger partial charge in [-0.2, -0.15) is 0 Å². The second-order valence-electron chi connectivity index (χ2n) is 42.7. The summed E-state index contributed by atoms with van der Waals surface area (Å²) in [7, 11) is 8.52. The third-order valence-corrected chi connectivity index (χ3v) is 33.7. The molecule has 16 aliphatic carbocycles. The highest BCUT2D eigenvalue weighted by molar-refractivity contribution is 5.75. The Morgan fingerprint density at radius 1 is 0.246 bits per heavy atom. The molecule has 0 N–H and O–H groups in total. The molecule has 0 spiro atoms. The number of aromatic nitrogens is 4. The van der Waals surface area contributed by atoms with Crippen LogP contribution in [0.1, 0.15) is 201 Å². The van der Waals surface area contributed by atoms with Crippen molar-refractivity contribution < 1.29 is 21.0 Å². The number of rotatable bonds is 14. The Bertz CT molecular complexity index is 5820. The molecule has 4 heterocycles. The Balaban J connectivity index is 0.000000101. The minimum atomic E-state index is -1.25. The average molecular weight is 1610 g/mol. The molecule has 122 heavy (non-hydrogen) atoms. The lowest BCUT2D eigenvalue weighted by Crippen LogP contribution is -2.48. The Kier molecular flexibility index (Phi) is 20.5. The van der Waals surface area contributed by atoms with Gasteiger partial charge in [-0.3, -0.25) is 0 Å². The van der Waals surface area contributed by atoms with Crippen LogP contribution in [0.4, 0.5) is 0 Å². The fourth-order valence-electron chi connectivity index (χ4n) is 29.6. The minimum absolute atomic E-state index is 0.151. The van der Waals surface area contributed by atoms with E-state index < -0.39 is 6.37 Å². The molecule has 28 rings (SSSR count). The molecule has 4 aromatic heterocycles. The van der Waals surface area contributed by atoms with Crippen LogP contribution in [-0.4, -0.2) is 0 Å². The highest BCUT2D eigenvalue weighted by Crippen LogP contribution is 2.65. The first-order chi connectivity index (χ1) is 60.1. The molecule has 0 amide bonds. The van der Waals surface area contributed by atoms with Crippen molar-refractivity contribution in [3.63, 3.8) is 0 Å². The first-order valence-electron chi connectivity index (χ1n) is 48.8. The molecule has 16 saturated carbocycles. The SMILES string of the molecule is Cc1ccccc1-c1cc(-c2ccc(C34CC5CC(CC(C5)C3)C4)cc2)cc[n+]1C.Cc1ccccc1-c1cc(-c2ccc(CC34CC5CC(CC(C5)C3)C4)cc2)cc[n+]1C.Cc1ccccc1-c1cc(-c2cccc(C34CC5CC(CC(C5)C3)C4)c2)cc[n+]1C.[2H]C([2H])(c1ccc(-c2cc[n+](C)c(-c3ccccc3C)c2)cc1)C12CC3CC(CC(C3)C1)C2. The monoisotopic (exact) mass is 1610 g/mol. The van der Waals surface area contributed by atoms with Crippen LogP contribution in [0.25, 0.3) is 89.5 Å². The van der Waals surface area contributed by atoms with Crippen LogP contribution in [-0.2, 0) is 51.8 Å². The molecule has 4 nitrogen and oxygen atoms in total. The van der Waals surface area contributed by atoms with Crippen molar-refractivity contribution in [2.24, 2.45) is 110 Å². The number of hydrogen-bond donors (Lipinski definition) is 0. The van der Waals surface area contributed by atoms with Crippen LogP contribution in [0, 0.1) is 110 Å². The van der Waals surface area contributed by atoms with Gasteiger partial charge >= 0.3 is 0 Å². The predicted octanol–water partition coefficient (Wildman–Crippen LogP) is 27.1. The van der Waals surface area contributed by atoms with E-state index in [4.69, 9.17) is 0 Å². The number of benzene rings is 8. The van der Waals surface area contributed by atoms with E-state index in [9.17, 15) is 2.74 Å². The largest absolute Gasteiger partial charge is 0.213 e. The van der Waals surface area contributed by atoms with Crippen LogP contribution in [0.5, 0.6) is 0 Å². The van der Waals surface area contributed by atoms with Crippen molar-refractivity contribution >= 4 is 0 Å². The van der Waals surface area contributed by atoms with Gasteiger partial charge < -0.3 is 0 Å². The standard InChI is InChI=1S/2C30H34N.2C29H32N/c2*1-21-5-3-4-6-28(21)29-16-27(11-12-31(29)2)26-9-7-22(8-10-26)17-30-18-23-13-24(19-30)15-25(14-23)20-30;1-20-6-3-4-9-27(20)28-16-25(10-11-30(28)2)24-7-5-8-26(15-24)29-17-21-12-22(18-29)14-23(13-21)19-29;1-20-5-3-4-6-27(20)28-16-25(11-12-30(28)2)24-7-9-26(10-8-24)29-17-21-13-22(18-29)15-23(14-21)19-29/h2*3-12,16,23-25H,13-15,17-20H2,1-2H3;3-11,15-16,21-23H,12-14,17-19H2,1-2H3;3-12,16,21-23H,13-15,17-19H2,1-2H3/q4*+1/i17D2;;;. The zero-order valence-electron chi connectivity index (χ0n) is 76.3. The minimum Gasteiger partial charge on any atom is -0.201 e. The lowest BCUT2D eigenvalue weighted by molar-refractivity contribution is -0.660. The van der Waals surface area contributed by atoms with Crippen LogP contribution in [0.2, 0.25) is 0 Å². The van der Waals surface area contributed by atoms with E-state index in [1.807, 2.05) is 0 Å². The van der Waals surface area contributed by atoms with Gasteiger partial charge in [-0.05, 0) is 401 Å². The molecule has 16 aliphatic rings. The molecular formula is C118H132N4+4. The average Bonchev–Trinajstić information content (AvgIpc) is 0.719. The van der Waals surface area contributed by atoms with Gasteiger partial charge in [0.1, 0.15) is 28.2 Å². The Hall–Kier alpha value is -9.64. The molecule has 0 aliphatic heterocycles. The van der Waals surface area contributed by atoms with Crippen LogP contribution in [0.3, 0.4) is 0 Å². The molecule has 12 aromatic rings. The quantitative estimate of drug-likeness (QED) is 0.0965.